The zero-order valence-electron chi connectivity index (χ0n) is 22.3. The molecule has 1 aromatic rings. The first-order chi connectivity index (χ1) is 17.2. The summed E-state index contributed by atoms with van der Waals surface area (Å²) in [6, 6.07) is 1.83. The highest BCUT2D eigenvalue weighted by Gasteiger charge is 2.89. The summed E-state index contributed by atoms with van der Waals surface area (Å²) in [4.78, 5) is 25.2. The molecule has 12 atom stereocenters. The summed E-state index contributed by atoms with van der Waals surface area (Å²) >= 11 is 0. The van der Waals surface area contributed by atoms with E-state index in [0.29, 0.717) is 12.8 Å². The number of furan rings is 1. The highest BCUT2D eigenvalue weighted by Crippen LogP contribution is 2.81. The fourth-order valence-corrected chi connectivity index (χ4v) is 10.4. The van der Waals surface area contributed by atoms with E-state index in [0.717, 1.165) is 5.56 Å². The van der Waals surface area contributed by atoms with Gasteiger partial charge in [0.1, 0.15) is 17.3 Å². The number of rotatable bonds is 2. The van der Waals surface area contributed by atoms with Gasteiger partial charge in [0.2, 0.25) is 0 Å². The molecule has 1 spiro atoms. The van der Waals surface area contributed by atoms with Crippen LogP contribution in [0, 0.1) is 28.1 Å². The van der Waals surface area contributed by atoms with Gasteiger partial charge in [0.25, 0.3) is 0 Å². The molecule has 9 heteroatoms. The van der Waals surface area contributed by atoms with Crippen LogP contribution in [0.5, 0.6) is 0 Å². The summed E-state index contributed by atoms with van der Waals surface area (Å²) in [5.41, 5.74) is -4.03. The number of cyclic esters (lactones) is 1. The van der Waals surface area contributed by atoms with Gasteiger partial charge in [-0.05, 0) is 38.3 Å². The van der Waals surface area contributed by atoms with Crippen molar-refractivity contribution in [1.82, 2.24) is 0 Å². The van der Waals surface area contributed by atoms with Crippen LogP contribution in [0.4, 0.5) is 0 Å². The number of carbonyl (C=O) groups excluding carboxylic acids is 2. The van der Waals surface area contributed by atoms with Crippen LogP contribution in [0.2, 0.25) is 0 Å². The van der Waals surface area contributed by atoms with Gasteiger partial charge in [-0.15, -0.1) is 0 Å². The quantitative estimate of drug-likeness (QED) is 0.504. The number of carbonyl (C=O) groups is 2. The van der Waals surface area contributed by atoms with Crippen LogP contribution in [0.3, 0.4) is 0 Å². The van der Waals surface area contributed by atoms with Crippen molar-refractivity contribution in [1.29, 1.82) is 0 Å². The zero-order valence-corrected chi connectivity index (χ0v) is 22.3. The van der Waals surface area contributed by atoms with Crippen LogP contribution < -0.4 is 0 Å². The van der Waals surface area contributed by atoms with E-state index < -0.39 is 69.7 Å². The molecule has 3 saturated carbocycles. The van der Waals surface area contributed by atoms with Crippen molar-refractivity contribution in [3.05, 3.63) is 24.2 Å². The maximum atomic E-state index is 12.9. The molecule has 3 aliphatic carbocycles. The second kappa shape index (κ2) is 7.37. The summed E-state index contributed by atoms with van der Waals surface area (Å²) in [5, 5.41) is 35.8. The lowest BCUT2D eigenvalue weighted by Gasteiger charge is -2.80. The molecule has 2 aliphatic heterocycles. The molecule has 6 rings (SSSR count). The molecule has 1 aromatic heterocycles. The fourth-order valence-electron chi connectivity index (χ4n) is 10.4. The minimum Gasteiger partial charge on any atom is -0.472 e. The van der Waals surface area contributed by atoms with Crippen molar-refractivity contribution in [2.75, 3.05) is 0 Å². The third-order valence-corrected chi connectivity index (χ3v) is 11.6. The molecule has 0 aromatic carbocycles. The lowest BCUT2D eigenvalue weighted by atomic mass is 9.32. The van der Waals surface area contributed by atoms with Crippen molar-refractivity contribution < 1.29 is 43.5 Å². The van der Waals surface area contributed by atoms with Gasteiger partial charge in [-0.2, -0.15) is 0 Å². The van der Waals surface area contributed by atoms with E-state index in [-0.39, 0.29) is 24.4 Å². The first-order valence-corrected chi connectivity index (χ1v) is 13.3. The van der Waals surface area contributed by atoms with Crippen LogP contribution >= 0.6 is 0 Å². The molecule has 2 unspecified atom stereocenters. The molecule has 37 heavy (non-hydrogen) atoms. The largest absolute Gasteiger partial charge is 0.472 e. The topological polar surface area (TPSA) is 136 Å². The van der Waals surface area contributed by atoms with Gasteiger partial charge < -0.3 is 33.9 Å². The van der Waals surface area contributed by atoms with E-state index >= 15 is 0 Å². The fraction of sp³-hybridized carbons (Fsp3) is 0.786. The number of hydrogen-bond acceptors (Lipinski definition) is 9. The zero-order chi connectivity index (χ0) is 26.9. The summed E-state index contributed by atoms with van der Waals surface area (Å²) in [6.07, 6.45) is -0.768. The Balaban J connectivity index is 1.57. The summed E-state index contributed by atoms with van der Waals surface area (Å²) in [6.45, 7) is 10.9. The van der Waals surface area contributed by atoms with Crippen LogP contribution in [-0.4, -0.2) is 69.0 Å². The predicted molar refractivity (Wildman–Crippen MR) is 128 cm³/mol. The van der Waals surface area contributed by atoms with Gasteiger partial charge >= 0.3 is 11.9 Å². The molecule has 9 nitrogen and oxygen atoms in total. The third kappa shape index (κ3) is 2.64. The average molecular weight is 519 g/mol. The second-order valence-corrected chi connectivity index (χ2v) is 13.2. The molecule has 3 N–H and O–H groups in total. The van der Waals surface area contributed by atoms with Crippen molar-refractivity contribution in [3.63, 3.8) is 0 Å². The Kier molecular flexibility index (Phi) is 5.05. The number of hydrogen-bond donors (Lipinski definition) is 3. The van der Waals surface area contributed by atoms with Crippen LogP contribution in [0.1, 0.15) is 72.3 Å². The van der Waals surface area contributed by atoms with E-state index in [1.54, 1.807) is 12.5 Å². The maximum absolute atomic E-state index is 12.9. The van der Waals surface area contributed by atoms with Gasteiger partial charge in [0.05, 0.1) is 43.4 Å². The Morgan fingerprint density at radius 2 is 1.78 bits per heavy atom. The Morgan fingerprint density at radius 3 is 2.41 bits per heavy atom. The van der Waals surface area contributed by atoms with Crippen molar-refractivity contribution in [3.8, 4) is 0 Å². The Bertz CT molecular complexity index is 1130. The number of aliphatic hydroxyl groups excluding tert-OH is 3. The highest BCUT2D eigenvalue weighted by molar-refractivity contribution is 5.73. The molecule has 0 bridgehead atoms. The van der Waals surface area contributed by atoms with Crippen LogP contribution in [0.25, 0.3) is 0 Å². The highest BCUT2D eigenvalue weighted by atomic mass is 16.6. The van der Waals surface area contributed by atoms with E-state index in [4.69, 9.17) is 18.6 Å². The number of fused-ring (bicyclic) bond motifs is 2. The first-order valence-electron chi connectivity index (χ1n) is 13.3. The van der Waals surface area contributed by atoms with Crippen molar-refractivity contribution in [2.24, 2.45) is 28.1 Å². The molecular weight excluding hydrogens is 480 g/mol. The van der Waals surface area contributed by atoms with Crippen molar-refractivity contribution in [2.45, 2.75) is 108 Å². The predicted octanol–water partition coefficient (Wildman–Crippen LogP) is 2.31. The van der Waals surface area contributed by atoms with Gasteiger partial charge in [-0.1, -0.05) is 20.8 Å². The van der Waals surface area contributed by atoms with Crippen LogP contribution in [0.15, 0.2) is 23.0 Å². The summed E-state index contributed by atoms with van der Waals surface area (Å²) in [5.74, 6) is -2.31. The number of aliphatic hydroxyl groups is 3. The van der Waals surface area contributed by atoms with Crippen molar-refractivity contribution >= 4 is 11.9 Å². The maximum Gasteiger partial charge on any atom is 0.310 e. The second-order valence-electron chi connectivity index (χ2n) is 13.2. The normalized spacial score (nSPS) is 53.6. The average Bonchev–Trinajstić information content (AvgIpc) is 3.38. The van der Waals surface area contributed by atoms with Gasteiger partial charge in [-0.3, -0.25) is 9.59 Å². The van der Waals surface area contributed by atoms with E-state index in [1.807, 2.05) is 40.7 Å². The Labute approximate surface area is 216 Å². The first kappa shape index (κ1) is 25.3. The Hall–Kier alpha value is -1.94. The molecule has 204 valence electrons. The lowest BCUT2D eigenvalue weighted by molar-refractivity contribution is -0.463. The molecule has 0 amide bonds. The van der Waals surface area contributed by atoms with Crippen LogP contribution in [-0.2, 0) is 23.8 Å². The Morgan fingerprint density at radius 1 is 1.08 bits per heavy atom. The molecular formula is C28H38O9. The lowest BCUT2D eigenvalue weighted by Crippen LogP contribution is -2.89. The molecule has 0 radical (unpaired) electrons. The summed E-state index contributed by atoms with van der Waals surface area (Å²) < 4.78 is 23.8. The molecule has 5 fully saturated rings. The van der Waals surface area contributed by atoms with Gasteiger partial charge in [0.15, 0.2) is 0 Å². The van der Waals surface area contributed by atoms with E-state index in [1.165, 1.54) is 6.92 Å². The number of ether oxygens (including phenoxy) is 3. The SMILES string of the molecule is CC(=O)O[C@H]1CC(=O)OC(C)(C)C2C[C@H]3O[C@@]45[C@H](O)C[C@@H](c6ccoc6)[C@]4(C)[C@@H](O)[C@H](O)C([C@]21C)[C@@]35C. The molecule has 3 heterocycles. The van der Waals surface area contributed by atoms with E-state index in [2.05, 4.69) is 0 Å². The smallest absolute Gasteiger partial charge is 0.310 e. The van der Waals surface area contributed by atoms with Gasteiger partial charge in [0, 0.05) is 40.9 Å². The summed E-state index contributed by atoms with van der Waals surface area (Å²) in [7, 11) is 0. The minimum atomic E-state index is -1.26. The van der Waals surface area contributed by atoms with Gasteiger partial charge in [-0.25, -0.2) is 0 Å². The monoisotopic (exact) mass is 518 g/mol. The minimum absolute atomic E-state index is 0.151. The van der Waals surface area contributed by atoms with E-state index in [9.17, 15) is 24.9 Å². The molecule has 2 saturated heterocycles. The number of esters is 2. The standard InChI is InChI=1S/C28H38O9/c1-13(29)35-18-11-20(31)37-24(2,3)16-10-19-27(6)22(25(16,18)4)21(32)23(33)26(5)15(14-7-8-34-12-14)9-17(30)28(26,27)36-19/h7-8,12,15-19,21-23,30,32-33H,9-11H2,1-6H3/t15-,16?,17+,18-,19+,21+,22?,23-,25+,26+,27+,28-/m0/s1. The molecule has 5 aliphatic rings. The third-order valence-electron chi connectivity index (χ3n) is 11.6.